The third-order valence-corrected chi connectivity index (χ3v) is 3.72. The van der Waals surface area contributed by atoms with Gasteiger partial charge in [-0.15, -0.1) is 0 Å². The molecule has 2 aromatic heterocycles. The molecule has 0 aromatic carbocycles. The summed E-state index contributed by atoms with van der Waals surface area (Å²) in [5.41, 5.74) is 1.33. The van der Waals surface area contributed by atoms with Crippen molar-refractivity contribution in [2.75, 3.05) is 25.5 Å². The van der Waals surface area contributed by atoms with Crippen LogP contribution in [0.5, 0.6) is 0 Å². The van der Waals surface area contributed by atoms with Crippen LogP contribution in [0.15, 0.2) is 31.0 Å². The monoisotopic (exact) mass is 298 g/mol. The van der Waals surface area contributed by atoms with Gasteiger partial charge in [0.1, 0.15) is 0 Å². The number of rotatable bonds is 3. The highest BCUT2D eigenvalue weighted by atomic mass is 16.2. The summed E-state index contributed by atoms with van der Waals surface area (Å²) < 4.78 is 0. The molecular weight excluding hydrogens is 280 g/mol. The zero-order chi connectivity index (χ0) is 15.5. The van der Waals surface area contributed by atoms with E-state index in [4.69, 9.17) is 0 Å². The minimum Gasteiger partial charge on any atom is -0.347 e. The summed E-state index contributed by atoms with van der Waals surface area (Å²) in [6.45, 7) is 0.718. The lowest BCUT2D eigenvalue weighted by Crippen LogP contribution is -2.31. The second-order valence-electron chi connectivity index (χ2n) is 5.45. The number of hydrogen-bond acceptors (Lipinski definition) is 6. The molecule has 0 bridgehead atoms. The molecule has 0 saturated carbocycles. The molecule has 1 aliphatic rings. The van der Waals surface area contributed by atoms with Crippen molar-refractivity contribution < 1.29 is 4.79 Å². The fraction of sp³-hybridized carbons (Fsp3) is 0.400. The van der Waals surface area contributed by atoms with Crippen molar-refractivity contribution in [3.05, 3.63) is 42.2 Å². The van der Waals surface area contributed by atoms with E-state index in [1.807, 2.05) is 19.0 Å². The highest BCUT2D eigenvalue weighted by Gasteiger charge is 2.31. The van der Waals surface area contributed by atoms with Crippen molar-refractivity contribution >= 4 is 11.9 Å². The van der Waals surface area contributed by atoms with Gasteiger partial charge in [-0.2, -0.15) is 0 Å². The van der Waals surface area contributed by atoms with Crippen LogP contribution >= 0.6 is 0 Å². The van der Waals surface area contributed by atoms with Crippen molar-refractivity contribution in [1.29, 1.82) is 0 Å². The minimum atomic E-state index is -0.0570. The van der Waals surface area contributed by atoms with E-state index in [0.29, 0.717) is 11.5 Å². The van der Waals surface area contributed by atoms with Crippen LogP contribution < -0.4 is 4.90 Å². The van der Waals surface area contributed by atoms with Crippen LogP contribution in [-0.4, -0.2) is 51.4 Å². The first kappa shape index (κ1) is 14.4. The zero-order valence-corrected chi connectivity index (χ0v) is 12.7. The van der Waals surface area contributed by atoms with Crippen LogP contribution in [0.4, 0.5) is 5.95 Å². The fourth-order valence-corrected chi connectivity index (χ4v) is 2.63. The maximum Gasteiger partial charge on any atom is 0.257 e. The topological polar surface area (TPSA) is 75.1 Å². The second-order valence-corrected chi connectivity index (χ2v) is 5.45. The molecule has 3 rings (SSSR count). The molecule has 114 valence electrons. The van der Waals surface area contributed by atoms with Crippen LogP contribution in [0, 0.1) is 0 Å². The number of aromatic nitrogens is 4. The van der Waals surface area contributed by atoms with Crippen LogP contribution in [0.25, 0.3) is 0 Å². The normalized spacial score (nSPS) is 17.5. The number of carbonyl (C=O) groups is 1. The van der Waals surface area contributed by atoms with Crippen molar-refractivity contribution in [2.45, 2.75) is 18.9 Å². The molecular formula is C15H18N6O. The van der Waals surface area contributed by atoms with Gasteiger partial charge in [0.2, 0.25) is 5.95 Å². The number of nitrogens with zero attached hydrogens (tertiary/aromatic N) is 6. The van der Waals surface area contributed by atoms with Gasteiger partial charge in [0.15, 0.2) is 0 Å². The summed E-state index contributed by atoms with van der Waals surface area (Å²) >= 11 is 0. The highest BCUT2D eigenvalue weighted by Crippen LogP contribution is 2.31. The van der Waals surface area contributed by atoms with Crippen molar-refractivity contribution in [2.24, 2.45) is 0 Å². The lowest BCUT2D eigenvalue weighted by atomic mass is 10.1. The standard InChI is InChI=1S/C15H18N6O/c1-20(2)15-18-8-11(9-19-15)14(22)21-7-3-4-13(21)12-10-16-5-6-17-12/h5-6,8-10,13H,3-4,7H2,1-2H3/t13-/m0/s1. The SMILES string of the molecule is CN(C)c1ncc(C(=O)N2CCC[C@H]2c2cnccn2)cn1. The third kappa shape index (κ3) is 2.74. The molecule has 0 spiro atoms. The largest absolute Gasteiger partial charge is 0.347 e. The van der Waals surface area contributed by atoms with Crippen LogP contribution in [0.2, 0.25) is 0 Å². The molecule has 0 N–H and O–H groups in total. The van der Waals surface area contributed by atoms with Crippen molar-refractivity contribution in [3.8, 4) is 0 Å². The van der Waals surface area contributed by atoms with Gasteiger partial charge < -0.3 is 9.80 Å². The van der Waals surface area contributed by atoms with E-state index >= 15 is 0 Å². The molecule has 0 unspecified atom stereocenters. The smallest absolute Gasteiger partial charge is 0.257 e. The van der Waals surface area contributed by atoms with Gasteiger partial charge >= 0.3 is 0 Å². The quantitative estimate of drug-likeness (QED) is 0.850. The molecule has 1 atom stereocenters. The minimum absolute atomic E-state index is 0.0188. The Bertz CT molecular complexity index is 643. The predicted molar refractivity (Wildman–Crippen MR) is 81.4 cm³/mol. The summed E-state index contributed by atoms with van der Waals surface area (Å²) in [5.74, 6) is 0.530. The average Bonchev–Trinajstić information content (AvgIpc) is 3.04. The van der Waals surface area contributed by atoms with Gasteiger partial charge in [0, 0.05) is 45.4 Å². The number of amides is 1. The summed E-state index contributed by atoms with van der Waals surface area (Å²) in [5, 5.41) is 0. The second kappa shape index (κ2) is 6.05. The van der Waals surface area contributed by atoms with Crippen LogP contribution in [-0.2, 0) is 0 Å². The van der Waals surface area contributed by atoms with Gasteiger partial charge in [0.25, 0.3) is 5.91 Å². The Balaban J connectivity index is 1.81. The molecule has 7 nitrogen and oxygen atoms in total. The molecule has 0 radical (unpaired) electrons. The maximum atomic E-state index is 12.7. The summed E-state index contributed by atoms with van der Waals surface area (Å²) in [4.78, 5) is 33.2. The molecule has 22 heavy (non-hydrogen) atoms. The van der Waals surface area contributed by atoms with Gasteiger partial charge in [-0.25, -0.2) is 9.97 Å². The van der Waals surface area contributed by atoms with Gasteiger partial charge in [-0.1, -0.05) is 0 Å². The zero-order valence-electron chi connectivity index (χ0n) is 12.7. The first-order valence-electron chi connectivity index (χ1n) is 7.23. The lowest BCUT2D eigenvalue weighted by molar-refractivity contribution is 0.0732. The first-order chi connectivity index (χ1) is 10.7. The maximum absolute atomic E-state index is 12.7. The number of carbonyl (C=O) groups excluding carboxylic acids is 1. The first-order valence-corrected chi connectivity index (χ1v) is 7.23. The molecule has 1 fully saturated rings. The Morgan fingerprint density at radius 3 is 2.59 bits per heavy atom. The Morgan fingerprint density at radius 1 is 1.18 bits per heavy atom. The van der Waals surface area contributed by atoms with E-state index in [-0.39, 0.29) is 11.9 Å². The van der Waals surface area contributed by atoms with Gasteiger partial charge in [0.05, 0.1) is 23.5 Å². The van der Waals surface area contributed by atoms with Gasteiger partial charge in [-0.05, 0) is 12.8 Å². The fourth-order valence-electron chi connectivity index (χ4n) is 2.63. The van der Waals surface area contributed by atoms with Crippen molar-refractivity contribution in [3.63, 3.8) is 0 Å². The summed E-state index contributed by atoms with van der Waals surface area (Å²) in [6, 6.07) is -0.0188. The molecule has 1 saturated heterocycles. The van der Waals surface area contributed by atoms with E-state index in [2.05, 4.69) is 19.9 Å². The predicted octanol–water partition coefficient (Wildman–Crippen LogP) is 1.31. The van der Waals surface area contributed by atoms with E-state index in [1.165, 1.54) is 0 Å². The Labute approximate surface area is 129 Å². The molecule has 1 aliphatic heterocycles. The Kier molecular flexibility index (Phi) is 3.95. The number of anilines is 1. The Morgan fingerprint density at radius 2 is 1.95 bits per heavy atom. The molecule has 2 aromatic rings. The number of hydrogen-bond donors (Lipinski definition) is 0. The highest BCUT2D eigenvalue weighted by molar-refractivity contribution is 5.94. The number of likely N-dealkylation sites (tertiary alicyclic amines) is 1. The molecule has 7 heteroatoms. The average molecular weight is 298 g/mol. The van der Waals surface area contributed by atoms with E-state index in [1.54, 1.807) is 35.9 Å². The van der Waals surface area contributed by atoms with E-state index < -0.39 is 0 Å². The third-order valence-electron chi connectivity index (χ3n) is 3.72. The summed E-state index contributed by atoms with van der Waals surface area (Å²) in [7, 11) is 3.73. The van der Waals surface area contributed by atoms with Crippen LogP contribution in [0.3, 0.4) is 0 Å². The molecule has 0 aliphatic carbocycles. The van der Waals surface area contributed by atoms with E-state index in [9.17, 15) is 4.79 Å². The lowest BCUT2D eigenvalue weighted by Gasteiger charge is -2.24. The molecule has 1 amide bonds. The Hall–Kier alpha value is -2.57. The van der Waals surface area contributed by atoms with Gasteiger partial charge in [-0.3, -0.25) is 14.8 Å². The van der Waals surface area contributed by atoms with E-state index in [0.717, 1.165) is 25.1 Å². The van der Waals surface area contributed by atoms with Crippen molar-refractivity contribution in [1.82, 2.24) is 24.8 Å². The molecule has 3 heterocycles. The summed E-state index contributed by atoms with van der Waals surface area (Å²) in [6.07, 6.45) is 10.0. The van der Waals surface area contributed by atoms with Crippen LogP contribution in [0.1, 0.15) is 34.9 Å².